The Morgan fingerprint density at radius 3 is 2.17 bits per heavy atom. The van der Waals surface area contributed by atoms with Crippen LogP contribution in [0, 0.1) is 11.6 Å². The predicted octanol–water partition coefficient (Wildman–Crippen LogP) is 3.23. The van der Waals surface area contributed by atoms with Gasteiger partial charge in [0.15, 0.2) is 9.84 Å². The van der Waals surface area contributed by atoms with Gasteiger partial charge in [-0.2, -0.15) is 0 Å². The highest BCUT2D eigenvalue weighted by Gasteiger charge is 2.30. The van der Waals surface area contributed by atoms with Crippen molar-refractivity contribution in [3.05, 3.63) is 95.8 Å². The van der Waals surface area contributed by atoms with Crippen molar-refractivity contribution in [1.29, 1.82) is 0 Å². The van der Waals surface area contributed by atoms with Crippen LogP contribution in [-0.2, 0) is 21.1 Å². The second-order valence-corrected chi connectivity index (χ2v) is 8.51. The Hall–Kier alpha value is -3.13. The number of amides is 1. The zero-order valence-electron chi connectivity index (χ0n) is 15.3. The van der Waals surface area contributed by atoms with Crippen LogP contribution in [-0.4, -0.2) is 25.9 Å². The van der Waals surface area contributed by atoms with Gasteiger partial charge in [-0.3, -0.25) is 9.78 Å². The molecule has 3 rings (SSSR count). The van der Waals surface area contributed by atoms with Gasteiger partial charge < -0.3 is 5.32 Å². The second kappa shape index (κ2) is 8.91. The number of hydrogen-bond donors (Lipinski definition) is 1. The van der Waals surface area contributed by atoms with Gasteiger partial charge in [-0.15, -0.1) is 0 Å². The Kier molecular flexibility index (Phi) is 6.33. The topological polar surface area (TPSA) is 76.1 Å². The Bertz CT molecular complexity index is 1070. The predicted molar refractivity (Wildman–Crippen MR) is 104 cm³/mol. The van der Waals surface area contributed by atoms with Crippen molar-refractivity contribution in [2.24, 2.45) is 0 Å². The second-order valence-electron chi connectivity index (χ2n) is 6.38. The lowest BCUT2D eigenvalue weighted by Crippen LogP contribution is -2.33. The number of hydrogen-bond acceptors (Lipinski definition) is 4. The summed E-state index contributed by atoms with van der Waals surface area (Å²) in [5.41, 5.74) is 1.00. The van der Waals surface area contributed by atoms with E-state index in [0.717, 1.165) is 12.1 Å². The summed E-state index contributed by atoms with van der Waals surface area (Å²) >= 11 is 0. The Morgan fingerprint density at radius 2 is 1.59 bits per heavy atom. The lowest BCUT2D eigenvalue weighted by Gasteiger charge is -2.19. The van der Waals surface area contributed by atoms with Crippen LogP contribution in [0.2, 0.25) is 0 Å². The van der Waals surface area contributed by atoms with Crippen LogP contribution in [0.3, 0.4) is 0 Å². The molecule has 0 aliphatic heterocycles. The quantitative estimate of drug-likeness (QED) is 0.600. The van der Waals surface area contributed by atoms with Gasteiger partial charge in [-0.25, -0.2) is 17.2 Å². The van der Waals surface area contributed by atoms with Gasteiger partial charge >= 0.3 is 0 Å². The minimum Gasteiger partial charge on any atom is -0.354 e. The Balaban J connectivity index is 1.80. The first kappa shape index (κ1) is 20.6. The van der Waals surface area contributed by atoms with E-state index in [2.05, 4.69) is 10.3 Å². The summed E-state index contributed by atoms with van der Waals surface area (Å²) in [5, 5.41) is 1.52. The summed E-state index contributed by atoms with van der Waals surface area (Å²) in [4.78, 5) is 16.2. The van der Waals surface area contributed by atoms with Crippen molar-refractivity contribution in [1.82, 2.24) is 10.3 Å². The van der Waals surface area contributed by atoms with Crippen molar-refractivity contribution in [3.63, 3.8) is 0 Å². The first-order chi connectivity index (χ1) is 13.9. The molecule has 0 saturated carbocycles. The molecule has 0 radical (unpaired) electrons. The molecular weight excluding hydrogens is 398 g/mol. The number of nitrogens with zero attached hydrogens (tertiary/aromatic N) is 1. The fourth-order valence-corrected chi connectivity index (χ4v) is 4.46. The molecule has 1 atom stereocenters. The van der Waals surface area contributed by atoms with Crippen LogP contribution in [0.1, 0.15) is 16.4 Å². The molecule has 0 aliphatic carbocycles. The third-order valence-corrected chi connectivity index (χ3v) is 6.45. The monoisotopic (exact) mass is 416 g/mol. The van der Waals surface area contributed by atoms with E-state index in [9.17, 15) is 22.0 Å². The molecule has 3 aromatic rings. The number of carbonyl (C=O) groups is 1. The molecule has 29 heavy (non-hydrogen) atoms. The standard InChI is InChI=1S/C21H18F2N2O3S/c22-17-5-3-15(4-6-17)12-21(26)25-14-20(16-2-1-11-24-13-16)29(27,28)19-9-7-18(23)8-10-19/h1-11,13,20H,12,14H2,(H,25,26)/t20-/m0/s1. The van der Waals surface area contributed by atoms with Gasteiger partial charge in [0, 0.05) is 18.9 Å². The number of nitrogens with one attached hydrogen (secondary N) is 1. The maximum atomic E-state index is 13.2. The SMILES string of the molecule is O=C(Cc1ccc(F)cc1)NC[C@@H](c1cccnc1)S(=O)(=O)c1ccc(F)cc1. The molecular formula is C21H18F2N2O3S. The van der Waals surface area contributed by atoms with Gasteiger partial charge in [0.25, 0.3) is 0 Å². The number of aromatic nitrogens is 1. The van der Waals surface area contributed by atoms with Crippen LogP contribution in [0.5, 0.6) is 0 Å². The highest BCUT2D eigenvalue weighted by molar-refractivity contribution is 7.91. The summed E-state index contributed by atoms with van der Waals surface area (Å²) in [6.07, 6.45) is 2.91. The largest absolute Gasteiger partial charge is 0.354 e. The number of carbonyl (C=O) groups excluding carboxylic acids is 1. The molecule has 8 heteroatoms. The van der Waals surface area contributed by atoms with Crippen LogP contribution < -0.4 is 5.32 Å². The Labute approximate surface area is 167 Å². The normalized spacial score (nSPS) is 12.3. The van der Waals surface area contributed by atoms with E-state index < -0.39 is 32.6 Å². The molecule has 1 heterocycles. The first-order valence-electron chi connectivity index (χ1n) is 8.77. The van der Waals surface area contributed by atoms with E-state index in [4.69, 9.17) is 0 Å². The summed E-state index contributed by atoms with van der Waals surface area (Å²) < 4.78 is 52.4. The van der Waals surface area contributed by atoms with Crippen LogP contribution in [0.25, 0.3) is 0 Å². The summed E-state index contributed by atoms with van der Waals surface area (Å²) in [6.45, 7) is -0.189. The number of sulfone groups is 1. The molecule has 1 amide bonds. The molecule has 0 saturated heterocycles. The minimum atomic E-state index is -3.92. The highest BCUT2D eigenvalue weighted by atomic mass is 32.2. The lowest BCUT2D eigenvalue weighted by atomic mass is 10.1. The van der Waals surface area contributed by atoms with Crippen molar-refractivity contribution in [3.8, 4) is 0 Å². The smallest absolute Gasteiger partial charge is 0.224 e. The van der Waals surface area contributed by atoms with E-state index >= 15 is 0 Å². The van der Waals surface area contributed by atoms with Gasteiger partial charge in [0.1, 0.15) is 16.9 Å². The van der Waals surface area contributed by atoms with Crippen molar-refractivity contribution in [2.75, 3.05) is 6.54 Å². The molecule has 1 aromatic heterocycles. The number of pyridine rings is 1. The third kappa shape index (κ3) is 5.23. The minimum absolute atomic E-state index is 0.0172. The zero-order chi connectivity index (χ0) is 20.9. The fourth-order valence-electron chi connectivity index (χ4n) is 2.82. The van der Waals surface area contributed by atoms with Gasteiger partial charge in [-0.05, 0) is 53.6 Å². The molecule has 0 unspecified atom stereocenters. The van der Waals surface area contributed by atoms with Gasteiger partial charge in [-0.1, -0.05) is 18.2 Å². The first-order valence-corrected chi connectivity index (χ1v) is 10.3. The number of rotatable bonds is 7. The van der Waals surface area contributed by atoms with Crippen molar-refractivity contribution >= 4 is 15.7 Å². The van der Waals surface area contributed by atoms with Gasteiger partial charge in [0.2, 0.25) is 5.91 Å². The Morgan fingerprint density at radius 1 is 0.966 bits per heavy atom. The molecule has 150 valence electrons. The maximum absolute atomic E-state index is 13.2. The van der Waals surface area contributed by atoms with E-state index in [1.165, 1.54) is 48.8 Å². The number of halogens is 2. The average molecular weight is 416 g/mol. The van der Waals surface area contributed by atoms with E-state index in [0.29, 0.717) is 11.1 Å². The van der Waals surface area contributed by atoms with Crippen LogP contribution >= 0.6 is 0 Å². The molecule has 1 N–H and O–H groups in total. The molecule has 0 spiro atoms. The molecule has 0 aliphatic rings. The summed E-state index contributed by atoms with van der Waals surface area (Å²) in [6, 6.07) is 13.2. The molecule has 0 fully saturated rings. The average Bonchev–Trinajstić information content (AvgIpc) is 2.71. The van der Waals surface area contributed by atoms with E-state index in [-0.39, 0.29) is 17.9 Å². The highest BCUT2D eigenvalue weighted by Crippen LogP contribution is 2.28. The van der Waals surface area contributed by atoms with E-state index in [1.54, 1.807) is 12.1 Å². The maximum Gasteiger partial charge on any atom is 0.224 e. The lowest BCUT2D eigenvalue weighted by molar-refractivity contribution is -0.120. The summed E-state index contributed by atoms with van der Waals surface area (Å²) in [7, 11) is -3.92. The van der Waals surface area contributed by atoms with Crippen LogP contribution in [0.15, 0.2) is 78.0 Å². The van der Waals surface area contributed by atoms with Gasteiger partial charge in [0.05, 0.1) is 11.3 Å². The van der Waals surface area contributed by atoms with E-state index in [1.807, 2.05) is 0 Å². The fraction of sp³-hybridized carbons (Fsp3) is 0.143. The number of benzene rings is 2. The zero-order valence-corrected chi connectivity index (χ0v) is 16.1. The van der Waals surface area contributed by atoms with Crippen molar-refractivity contribution in [2.45, 2.75) is 16.6 Å². The van der Waals surface area contributed by atoms with Crippen molar-refractivity contribution < 1.29 is 22.0 Å². The van der Waals surface area contributed by atoms with Crippen LogP contribution in [0.4, 0.5) is 8.78 Å². The molecule has 0 bridgehead atoms. The molecule has 5 nitrogen and oxygen atoms in total. The summed E-state index contributed by atoms with van der Waals surface area (Å²) in [5.74, 6) is -1.36. The third-order valence-electron chi connectivity index (χ3n) is 4.34. The molecule has 2 aromatic carbocycles.